The van der Waals surface area contributed by atoms with Crippen molar-refractivity contribution in [3.05, 3.63) is 29.6 Å². The summed E-state index contributed by atoms with van der Waals surface area (Å²) in [5.74, 6) is -1.04. The van der Waals surface area contributed by atoms with Crippen molar-refractivity contribution >= 4 is 0 Å². The molecule has 0 aliphatic carbocycles. The minimum atomic E-state index is -0.670. The summed E-state index contributed by atoms with van der Waals surface area (Å²) in [5, 5.41) is 8.85. The maximum atomic E-state index is 12.7. The van der Waals surface area contributed by atoms with Crippen molar-refractivity contribution in [3.63, 3.8) is 0 Å². The lowest BCUT2D eigenvalue weighted by molar-refractivity contribution is 0.431. The quantitative estimate of drug-likeness (QED) is 0.604. The summed E-state index contributed by atoms with van der Waals surface area (Å²) < 4.78 is 12.7. The van der Waals surface area contributed by atoms with Crippen LogP contribution in [-0.2, 0) is 0 Å². The Bertz CT molecular complexity index is 278. The highest BCUT2D eigenvalue weighted by molar-refractivity contribution is 5.29. The van der Waals surface area contributed by atoms with Gasteiger partial charge in [0, 0.05) is 12.6 Å². The number of aromatic hydroxyl groups is 1. The molecule has 0 saturated carbocycles. The van der Waals surface area contributed by atoms with Gasteiger partial charge in [-0.3, -0.25) is 0 Å². The average molecular weight is 170 g/mol. The first-order valence-corrected chi connectivity index (χ1v) is 3.59. The van der Waals surface area contributed by atoms with Crippen LogP contribution >= 0.6 is 0 Å². The lowest BCUT2D eigenvalue weighted by atomic mass is 10.1. The van der Waals surface area contributed by atoms with Crippen LogP contribution in [0.5, 0.6) is 5.75 Å². The second-order valence-electron chi connectivity index (χ2n) is 2.55. The van der Waals surface area contributed by atoms with E-state index in [1.807, 2.05) is 0 Å². The van der Waals surface area contributed by atoms with Crippen LogP contribution in [0.25, 0.3) is 0 Å². The van der Waals surface area contributed by atoms with Gasteiger partial charge in [-0.1, -0.05) is 6.07 Å². The van der Waals surface area contributed by atoms with E-state index in [2.05, 4.69) is 0 Å². The van der Waals surface area contributed by atoms with Gasteiger partial charge in [-0.2, -0.15) is 0 Å². The van der Waals surface area contributed by atoms with Crippen molar-refractivity contribution in [3.8, 4) is 5.75 Å². The topological polar surface area (TPSA) is 72.3 Å². The van der Waals surface area contributed by atoms with Crippen LogP contribution in [0, 0.1) is 5.82 Å². The standard InChI is InChI=1S/C8H11FN2O/c9-6-3-5(7(11)4-10)1-2-8(6)12/h1-3,7,12H,4,10-11H2. The maximum absolute atomic E-state index is 12.7. The number of nitrogens with two attached hydrogens (primary N) is 2. The SMILES string of the molecule is NCC(N)c1ccc(O)c(F)c1. The molecule has 0 aliphatic heterocycles. The first-order chi connectivity index (χ1) is 5.65. The molecule has 1 aromatic rings. The highest BCUT2D eigenvalue weighted by Gasteiger charge is 2.06. The molecule has 12 heavy (non-hydrogen) atoms. The van der Waals surface area contributed by atoms with Crippen LogP contribution in [0.2, 0.25) is 0 Å². The number of rotatable bonds is 2. The number of benzene rings is 1. The van der Waals surface area contributed by atoms with Crippen molar-refractivity contribution in [2.24, 2.45) is 11.5 Å². The first kappa shape index (κ1) is 8.96. The summed E-state index contributed by atoms with van der Waals surface area (Å²) >= 11 is 0. The molecule has 0 heterocycles. The van der Waals surface area contributed by atoms with E-state index in [1.165, 1.54) is 12.1 Å². The van der Waals surface area contributed by atoms with Gasteiger partial charge in [-0.15, -0.1) is 0 Å². The number of phenols is 1. The van der Waals surface area contributed by atoms with Gasteiger partial charge in [0.05, 0.1) is 0 Å². The van der Waals surface area contributed by atoms with Crippen molar-refractivity contribution in [1.82, 2.24) is 0 Å². The molecule has 0 fully saturated rings. The van der Waals surface area contributed by atoms with E-state index in [4.69, 9.17) is 16.6 Å². The van der Waals surface area contributed by atoms with E-state index < -0.39 is 5.82 Å². The van der Waals surface area contributed by atoms with E-state index in [1.54, 1.807) is 6.07 Å². The number of phenolic OH excluding ortho intramolecular Hbond substituents is 1. The highest BCUT2D eigenvalue weighted by Crippen LogP contribution is 2.18. The van der Waals surface area contributed by atoms with Crippen LogP contribution in [-0.4, -0.2) is 11.7 Å². The molecule has 5 N–H and O–H groups in total. The molecule has 0 aliphatic rings. The molecule has 1 aromatic carbocycles. The number of halogens is 1. The van der Waals surface area contributed by atoms with Crippen molar-refractivity contribution < 1.29 is 9.50 Å². The monoisotopic (exact) mass is 170 g/mol. The normalized spacial score (nSPS) is 12.9. The summed E-state index contributed by atoms with van der Waals surface area (Å²) in [5.41, 5.74) is 11.4. The van der Waals surface area contributed by atoms with Crippen LogP contribution < -0.4 is 11.5 Å². The number of hydrogen-bond donors (Lipinski definition) is 3. The fraction of sp³-hybridized carbons (Fsp3) is 0.250. The minimum Gasteiger partial charge on any atom is -0.505 e. The van der Waals surface area contributed by atoms with Crippen LogP contribution in [0.1, 0.15) is 11.6 Å². The summed E-state index contributed by atoms with van der Waals surface area (Å²) in [6.07, 6.45) is 0. The largest absolute Gasteiger partial charge is 0.505 e. The summed E-state index contributed by atoms with van der Waals surface area (Å²) in [6, 6.07) is 3.63. The Morgan fingerprint density at radius 3 is 2.67 bits per heavy atom. The molecule has 1 rings (SSSR count). The van der Waals surface area contributed by atoms with Gasteiger partial charge in [0.15, 0.2) is 11.6 Å². The summed E-state index contributed by atoms with van der Waals surface area (Å²) in [7, 11) is 0. The summed E-state index contributed by atoms with van der Waals surface area (Å²) in [4.78, 5) is 0. The van der Waals surface area contributed by atoms with Crippen LogP contribution in [0.4, 0.5) is 4.39 Å². The Morgan fingerprint density at radius 1 is 1.50 bits per heavy atom. The lowest BCUT2D eigenvalue weighted by Gasteiger charge is -2.08. The highest BCUT2D eigenvalue weighted by atomic mass is 19.1. The molecule has 0 saturated heterocycles. The zero-order chi connectivity index (χ0) is 9.14. The molecule has 0 aromatic heterocycles. The molecule has 1 atom stereocenters. The zero-order valence-corrected chi connectivity index (χ0v) is 6.50. The molecule has 0 spiro atoms. The first-order valence-electron chi connectivity index (χ1n) is 3.59. The lowest BCUT2D eigenvalue weighted by Crippen LogP contribution is -2.20. The molecule has 0 radical (unpaired) electrons. The fourth-order valence-corrected chi connectivity index (χ4v) is 0.890. The molecule has 1 unspecified atom stereocenters. The van der Waals surface area contributed by atoms with Gasteiger partial charge in [0.2, 0.25) is 0 Å². The van der Waals surface area contributed by atoms with Crippen molar-refractivity contribution in [2.45, 2.75) is 6.04 Å². The molecule has 66 valence electrons. The number of hydrogen-bond acceptors (Lipinski definition) is 3. The van der Waals surface area contributed by atoms with Gasteiger partial charge in [0.1, 0.15) is 0 Å². The molecule has 3 nitrogen and oxygen atoms in total. The van der Waals surface area contributed by atoms with Gasteiger partial charge < -0.3 is 16.6 Å². The predicted molar refractivity (Wildman–Crippen MR) is 44.0 cm³/mol. The summed E-state index contributed by atoms with van der Waals surface area (Å²) in [6.45, 7) is 0.254. The van der Waals surface area contributed by atoms with E-state index in [0.29, 0.717) is 5.56 Å². The van der Waals surface area contributed by atoms with Crippen molar-refractivity contribution in [1.29, 1.82) is 0 Å². The van der Waals surface area contributed by atoms with E-state index in [0.717, 1.165) is 0 Å². The maximum Gasteiger partial charge on any atom is 0.165 e. The molecular weight excluding hydrogens is 159 g/mol. The van der Waals surface area contributed by atoms with Crippen LogP contribution in [0.15, 0.2) is 18.2 Å². The average Bonchev–Trinajstić information content (AvgIpc) is 2.08. The fourth-order valence-electron chi connectivity index (χ4n) is 0.890. The Hall–Kier alpha value is -1.13. The third kappa shape index (κ3) is 1.72. The third-order valence-electron chi connectivity index (χ3n) is 1.65. The molecular formula is C8H11FN2O. The van der Waals surface area contributed by atoms with Crippen LogP contribution in [0.3, 0.4) is 0 Å². The Morgan fingerprint density at radius 2 is 2.17 bits per heavy atom. The van der Waals surface area contributed by atoms with E-state index >= 15 is 0 Å². The Labute approximate surface area is 69.8 Å². The molecule has 4 heteroatoms. The second-order valence-corrected chi connectivity index (χ2v) is 2.55. The van der Waals surface area contributed by atoms with E-state index in [9.17, 15) is 4.39 Å². The van der Waals surface area contributed by atoms with Gasteiger partial charge in [0.25, 0.3) is 0 Å². The van der Waals surface area contributed by atoms with E-state index in [-0.39, 0.29) is 18.3 Å². The second kappa shape index (κ2) is 3.51. The zero-order valence-electron chi connectivity index (χ0n) is 6.50. The van der Waals surface area contributed by atoms with Gasteiger partial charge >= 0.3 is 0 Å². The Kier molecular flexibility index (Phi) is 2.62. The van der Waals surface area contributed by atoms with Crippen molar-refractivity contribution in [2.75, 3.05) is 6.54 Å². The predicted octanol–water partition coefficient (Wildman–Crippen LogP) is 0.490. The third-order valence-corrected chi connectivity index (χ3v) is 1.65. The minimum absolute atomic E-state index is 0.254. The van der Waals surface area contributed by atoms with Gasteiger partial charge in [-0.25, -0.2) is 4.39 Å². The molecule has 0 bridgehead atoms. The molecule has 0 amide bonds. The Balaban J connectivity index is 2.96. The van der Waals surface area contributed by atoms with Gasteiger partial charge in [-0.05, 0) is 17.7 Å². The smallest absolute Gasteiger partial charge is 0.165 e.